The molecule has 43 heavy (non-hydrogen) atoms. The van der Waals surface area contributed by atoms with Gasteiger partial charge in [-0.15, -0.1) is 0 Å². The lowest BCUT2D eigenvalue weighted by molar-refractivity contribution is 0.150. The fourth-order valence-electron chi connectivity index (χ4n) is 5.27. The molecule has 4 aromatic rings. The third-order valence-corrected chi connectivity index (χ3v) is 7.59. The zero-order chi connectivity index (χ0) is 30.5. The highest BCUT2D eigenvalue weighted by atomic mass is 32.1. The molecule has 2 heterocycles. The van der Waals surface area contributed by atoms with Gasteiger partial charge in [0.2, 0.25) is 17.0 Å². The number of rotatable bonds is 5. The van der Waals surface area contributed by atoms with Crippen LogP contribution >= 0.6 is 12.2 Å². The highest BCUT2D eigenvalue weighted by molar-refractivity contribution is 7.80. The first-order valence-corrected chi connectivity index (χ1v) is 14.6. The van der Waals surface area contributed by atoms with Crippen LogP contribution in [0.2, 0.25) is 0 Å². The molecular formula is C33H35F2N7S. The van der Waals surface area contributed by atoms with E-state index in [1.165, 1.54) is 24.3 Å². The number of aryl methyl sites for hydroxylation is 4. The zero-order valence-electron chi connectivity index (χ0n) is 24.7. The number of hydrogen-bond acceptors (Lipinski definition) is 4. The first-order valence-electron chi connectivity index (χ1n) is 14.2. The van der Waals surface area contributed by atoms with Crippen LogP contribution in [0.1, 0.15) is 39.7 Å². The lowest BCUT2D eigenvalue weighted by Gasteiger charge is -2.40. The largest absolute Gasteiger partial charge is 0.340 e. The van der Waals surface area contributed by atoms with E-state index in [4.69, 9.17) is 17.2 Å². The molecule has 7 nitrogen and oxygen atoms in total. The third kappa shape index (κ3) is 7.77. The molecule has 2 N–H and O–H groups in total. The highest BCUT2D eigenvalue weighted by Crippen LogP contribution is 2.30. The maximum atomic E-state index is 13.8. The van der Waals surface area contributed by atoms with Crippen molar-refractivity contribution >= 4 is 34.9 Å². The average Bonchev–Trinajstić information content (AvgIpc) is 2.97. The van der Waals surface area contributed by atoms with E-state index >= 15 is 0 Å². The molecule has 1 aromatic heterocycles. The van der Waals surface area contributed by atoms with Crippen molar-refractivity contribution in [2.75, 3.05) is 36.8 Å². The first-order chi connectivity index (χ1) is 20.6. The van der Waals surface area contributed by atoms with Gasteiger partial charge in [-0.25, -0.2) is 18.7 Å². The summed E-state index contributed by atoms with van der Waals surface area (Å²) in [5.74, 6) is 0.408. The Kier molecular flexibility index (Phi) is 9.37. The topological polar surface area (TPSA) is 68.7 Å². The second-order valence-corrected chi connectivity index (χ2v) is 11.2. The summed E-state index contributed by atoms with van der Waals surface area (Å²) in [6.45, 7) is 10.5. The Morgan fingerprint density at radius 2 is 1.33 bits per heavy atom. The van der Waals surface area contributed by atoms with Crippen LogP contribution in [0, 0.1) is 39.3 Å². The molecule has 1 fully saturated rings. The van der Waals surface area contributed by atoms with E-state index in [-0.39, 0.29) is 17.7 Å². The summed E-state index contributed by atoms with van der Waals surface area (Å²) in [6, 6.07) is 20.9. The van der Waals surface area contributed by atoms with Gasteiger partial charge >= 0.3 is 0 Å². The Balaban J connectivity index is 1.40. The number of aliphatic imine (C=N–C) groups is 1. The molecule has 0 atom stereocenters. The van der Waals surface area contributed by atoms with Crippen LogP contribution in [0.4, 0.5) is 20.4 Å². The Bertz CT molecular complexity index is 1550. The molecule has 0 aliphatic carbocycles. The summed E-state index contributed by atoms with van der Waals surface area (Å²) in [5.41, 5.74) is 6.66. The lowest BCUT2D eigenvalue weighted by atomic mass is 9.96. The second-order valence-electron chi connectivity index (χ2n) is 10.8. The summed E-state index contributed by atoms with van der Waals surface area (Å²) in [7, 11) is 0. The molecule has 1 aliphatic heterocycles. The van der Waals surface area contributed by atoms with E-state index in [0.717, 1.165) is 39.3 Å². The van der Waals surface area contributed by atoms with Crippen LogP contribution in [0.3, 0.4) is 0 Å². The number of nitrogens with zero attached hydrogens (tertiary/aromatic N) is 5. The van der Waals surface area contributed by atoms with Crippen molar-refractivity contribution < 1.29 is 8.78 Å². The minimum Gasteiger partial charge on any atom is -0.340 e. The zero-order valence-corrected chi connectivity index (χ0v) is 25.6. The Morgan fingerprint density at radius 3 is 1.88 bits per heavy atom. The number of halogens is 2. The van der Waals surface area contributed by atoms with Crippen LogP contribution in [-0.4, -0.2) is 57.0 Å². The maximum absolute atomic E-state index is 13.8. The van der Waals surface area contributed by atoms with Gasteiger partial charge in [0.1, 0.15) is 11.6 Å². The summed E-state index contributed by atoms with van der Waals surface area (Å²) in [5, 5.41) is 6.91. The molecule has 1 aliphatic rings. The fourth-order valence-corrected chi connectivity index (χ4v) is 5.46. The Labute approximate surface area is 256 Å². The van der Waals surface area contributed by atoms with Crippen molar-refractivity contribution in [3.63, 3.8) is 0 Å². The van der Waals surface area contributed by atoms with Gasteiger partial charge in [0.15, 0.2) is 0 Å². The highest BCUT2D eigenvalue weighted by Gasteiger charge is 2.28. The molecule has 10 heteroatoms. The first kappa shape index (κ1) is 30.2. The van der Waals surface area contributed by atoms with Crippen LogP contribution < -0.4 is 10.6 Å². The smallest absolute Gasteiger partial charge is 0.229 e. The van der Waals surface area contributed by atoms with E-state index in [1.54, 1.807) is 24.3 Å². The fraction of sp³-hybridized carbons (Fsp3) is 0.273. The van der Waals surface area contributed by atoms with Gasteiger partial charge in [0.25, 0.3) is 0 Å². The Morgan fingerprint density at radius 1 is 0.767 bits per heavy atom. The van der Waals surface area contributed by atoms with Crippen LogP contribution in [0.25, 0.3) is 0 Å². The molecule has 0 amide bonds. The third-order valence-electron chi connectivity index (χ3n) is 7.40. The van der Waals surface area contributed by atoms with E-state index in [2.05, 4.69) is 36.5 Å². The molecule has 0 spiro atoms. The molecule has 222 valence electrons. The van der Waals surface area contributed by atoms with E-state index in [9.17, 15) is 8.78 Å². The number of piperazine rings is 1. The summed E-state index contributed by atoms with van der Waals surface area (Å²) in [4.78, 5) is 18.4. The van der Waals surface area contributed by atoms with Crippen LogP contribution in [0.5, 0.6) is 0 Å². The van der Waals surface area contributed by atoms with Crippen molar-refractivity contribution in [3.8, 4) is 0 Å². The van der Waals surface area contributed by atoms with E-state index < -0.39 is 0 Å². The molecule has 0 radical (unpaired) electrons. The SMILES string of the molecule is Cc1ccc(C)c(NC(=S)/N=C(/Nc2nc(C)cc(C)n2)N2CCN(C(c3ccc(F)cc3)c3ccc(F)cc3)CC2)c1. The standard InChI is InChI=1S/C33H35F2N7S/c1-21-5-6-22(2)29(19-21)38-33(43)40-32(39-31-36-23(3)20-24(4)37-31)42-17-15-41(16-18-42)30(25-7-11-27(34)12-8-25)26-9-13-28(35)14-10-26/h5-14,19-20,30H,15-18H2,1-4H3,(H2,36,37,38,39,40,43). The number of hydrogen-bond donors (Lipinski definition) is 2. The minimum atomic E-state index is -0.294. The van der Waals surface area contributed by atoms with Crippen molar-refractivity contribution in [3.05, 3.63) is 118 Å². The molecule has 0 bridgehead atoms. The minimum absolute atomic E-state index is 0.161. The van der Waals surface area contributed by atoms with E-state index in [1.807, 2.05) is 45.9 Å². The quantitative estimate of drug-likeness (QED) is 0.153. The molecular weight excluding hydrogens is 564 g/mol. The van der Waals surface area contributed by atoms with Gasteiger partial charge in [0.05, 0.1) is 6.04 Å². The molecule has 0 unspecified atom stereocenters. The number of guanidine groups is 1. The monoisotopic (exact) mass is 599 g/mol. The predicted molar refractivity (Wildman–Crippen MR) is 172 cm³/mol. The molecule has 3 aromatic carbocycles. The van der Waals surface area contributed by atoms with Gasteiger partial charge in [-0.1, -0.05) is 36.4 Å². The van der Waals surface area contributed by atoms with E-state index in [0.29, 0.717) is 43.2 Å². The maximum Gasteiger partial charge on any atom is 0.229 e. The number of thiocarbonyl (C=S) groups is 1. The second kappa shape index (κ2) is 13.4. The summed E-state index contributed by atoms with van der Waals surface area (Å²) >= 11 is 5.69. The molecule has 0 saturated carbocycles. The molecule has 1 saturated heterocycles. The van der Waals surface area contributed by atoms with Crippen LogP contribution in [-0.2, 0) is 0 Å². The number of benzene rings is 3. The van der Waals surface area contributed by atoms with Crippen molar-refractivity contribution in [1.29, 1.82) is 0 Å². The van der Waals surface area contributed by atoms with Crippen molar-refractivity contribution in [2.45, 2.75) is 33.7 Å². The average molecular weight is 600 g/mol. The van der Waals surface area contributed by atoms with Gasteiger partial charge in [-0.2, -0.15) is 4.99 Å². The number of nitrogens with one attached hydrogen (secondary N) is 2. The number of anilines is 2. The van der Waals surface area contributed by atoms with Crippen molar-refractivity contribution in [2.24, 2.45) is 4.99 Å². The van der Waals surface area contributed by atoms with Gasteiger partial charge in [-0.05, 0) is 98.6 Å². The lowest BCUT2D eigenvalue weighted by Crippen LogP contribution is -2.52. The summed E-state index contributed by atoms with van der Waals surface area (Å²) < 4.78 is 27.6. The normalized spacial score (nSPS) is 14.2. The van der Waals surface area contributed by atoms with Gasteiger partial charge in [0, 0.05) is 43.3 Å². The van der Waals surface area contributed by atoms with Crippen LogP contribution in [0.15, 0.2) is 77.8 Å². The van der Waals surface area contributed by atoms with Gasteiger partial charge in [-0.3, -0.25) is 10.2 Å². The summed E-state index contributed by atoms with van der Waals surface area (Å²) in [6.07, 6.45) is 0. The van der Waals surface area contributed by atoms with Crippen molar-refractivity contribution in [1.82, 2.24) is 19.8 Å². The number of aromatic nitrogens is 2. The van der Waals surface area contributed by atoms with Gasteiger partial charge < -0.3 is 10.2 Å². The Hall–Kier alpha value is -4.28. The molecule has 5 rings (SSSR count). The predicted octanol–water partition coefficient (Wildman–Crippen LogP) is 6.56.